The molecule has 130 valence electrons. The number of nitrogens with one attached hydrogen (secondary N) is 1. The number of nitrogens with zero attached hydrogens (tertiary/aromatic N) is 2. The van der Waals surface area contributed by atoms with Gasteiger partial charge < -0.3 is 14.5 Å². The van der Waals surface area contributed by atoms with Crippen molar-refractivity contribution >= 4 is 16.7 Å². The fourth-order valence-corrected chi connectivity index (χ4v) is 2.84. The van der Waals surface area contributed by atoms with Gasteiger partial charge in [-0.2, -0.15) is 0 Å². The van der Waals surface area contributed by atoms with Crippen molar-refractivity contribution in [2.45, 2.75) is 6.42 Å². The van der Waals surface area contributed by atoms with Gasteiger partial charge in [0.05, 0.1) is 18.9 Å². The molecule has 4 aromatic rings. The first kappa shape index (κ1) is 16.1. The molecule has 0 aliphatic carbocycles. The number of hydrogen-bond acceptors (Lipinski definition) is 5. The molecule has 5 heteroatoms. The summed E-state index contributed by atoms with van der Waals surface area (Å²) in [5.74, 6) is 2.93. The fraction of sp³-hybridized carbons (Fsp3) is 0.143. The van der Waals surface area contributed by atoms with Crippen molar-refractivity contribution in [3.63, 3.8) is 0 Å². The van der Waals surface area contributed by atoms with Crippen LogP contribution in [0.15, 0.2) is 71.3 Å². The average molecular weight is 345 g/mol. The van der Waals surface area contributed by atoms with E-state index in [4.69, 9.17) is 9.15 Å². The molecule has 0 fully saturated rings. The molecule has 2 aromatic heterocycles. The molecule has 0 saturated heterocycles. The van der Waals surface area contributed by atoms with Gasteiger partial charge >= 0.3 is 0 Å². The van der Waals surface area contributed by atoms with Crippen LogP contribution in [-0.4, -0.2) is 23.6 Å². The molecule has 0 atom stereocenters. The van der Waals surface area contributed by atoms with E-state index < -0.39 is 0 Å². The first-order valence-corrected chi connectivity index (χ1v) is 8.51. The average Bonchev–Trinajstić information content (AvgIpc) is 3.23. The topological polar surface area (TPSA) is 60.2 Å². The predicted octanol–water partition coefficient (Wildman–Crippen LogP) is 4.55. The molecular formula is C21H19N3O2. The van der Waals surface area contributed by atoms with Crippen LogP contribution in [0.3, 0.4) is 0 Å². The van der Waals surface area contributed by atoms with Crippen LogP contribution in [0.25, 0.3) is 22.5 Å². The van der Waals surface area contributed by atoms with Gasteiger partial charge in [0.1, 0.15) is 11.6 Å². The van der Waals surface area contributed by atoms with E-state index in [1.54, 1.807) is 13.4 Å². The highest BCUT2D eigenvalue weighted by Gasteiger charge is 2.10. The summed E-state index contributed by atoms with van der Waals surface area (Å²) in [6.07, 6.45) is 2.52. The predicted molar refractivity (Wildman–Crippen MR) is 102 cm³/mol. The Balaban J connectivity index is 1.56. The Bertz CT molecular complexity index is 996. The minimum absolute atomic E-state index is 0.584. The molecule has 0 saturated carbocycles. The highest BCUT2D eigenvalue weighted by molar-refractivity contribution is 5.90. The summed E-state index contributed by atoms with van der Waals surface area (Å²) in [6.45, 7) is 0.769. The maximum Gasteiger partial charge on any atom is 0.198 e. The summed E-state index contributed by atoms with van der Waals surface area (Å²) in [6, 6.07) is 19.8. The summed E-state index contributed by atoms with van der Waals surface area (Å²) >= 11 is 0. The Morgan fingerprint density at radius 2 is 1.81 bits per heavy atom. The monoisotopic (exact) mass is 345 g/mol. The standard InChI is InChI=1S/C21H19N3O2/c1-25-16-10-8-15(9-11-16)12-13-22-20-17-5-2-3-6-18(17)23-21(24-20)19-7-4-14-26-19/h2-11,14H,12-13H2,1H3,(H,22,23,24). The largest absolute Gasteiger partial charge is 0.497 e. The SMILES string of the molecule is COc1ccc(CCNc2nc(-c3ccco3)nc3ccccc23)cc1. The third kappa shape index (κ3) is 3.37. The van der Waals surface area contributed by atoms with Gasteiger partial charge in [-0.05, 0) is 48.4 Å². The van der Waals surface area contributed by atoms with Gasteiger partial charge in [-0.1, -0.05) is 24.3 Å². The second-order valence-electron chi connectivity index (χ2n) is 5.92. The molecule has 26 heavy (non-hydrogen) atoms. The quantitative estimate of drug-likeness (QED) is 0.555. The van der Waals surface area contributed by atoms with Crippen molar-refractivity contribution in [2.24, 2.45) is 0 Å². The molecule has 0 unspecified atom stereocenters. The number of ether oxygens (including phenoxy) is 1. The second kappa shape index (κ2) is 7.27. The second-order valence-corrected chi connectivity index (χ2v) is 5.92. The number of para-hydroxylation sites is 1. The van der Waals surface area contributed by atoms with E-state index in [1.807, 2.05) is 48.5 Å². The molecule has 0 amide bonds. The van der Waals surface area contributed by atoms with E-state index in [1.165, 1.54) is 5.56 Å². The number of benzene rings is 2. The molecule has 2 aromatic carbocycles. The van der Waals surface area contributed by atoms with Gasteiger partial charge in [-0.25, -0.2) is 9.97 Å². The van der Waals surface area contributed by atoms with Crippen LogP contribution >= 0.6 is 0 Å². The summed E-state index contributed by atoms with van der Waals surface area (Å²) in [4.78, 5) is 9.27. The van der Waals surface area contributed by atoms with Crippen molar-refractivity contribution in [2.75, 3.05) is 19.0 Å². The van der Waals surface area contributed by atoms with Crippen molar-refractivity contribution in [1.29, 1.82) is 0 Å². The lowest BCUT2D eigenvalue weighted by Gasteiger charge is -2.10. The molecule has 4 rings (SSSR count). The Labute approximate surface area is 151 Å². The minimum Gasteiger partial charge on any atom is -0.497 e. The van der Waals surface area contributed by atoms with Gasteiger partial charge in [0, 0.05) is 11.9 Å². The summed E-state index contributed by atoms with van der Waals surface area (Å²) in [7, 11) is 1.67. The van der Waals surface area contributed by atoms with Crippen molar-refractivity contribution in [1.82, 2.24) is 9.97 Å². The summed E-state index contributed by atoms with van der Waals surface area (Å²) in [5.41, 5.74) is 2.13. The van der Waals surface area contributed by atoms with Crippen LogP contribution < -0.4 is 10.1 Å². The Hall–Kier alpha value is -3.34. The number of anilines is 1. The van der Waals surface area contributed by atoms with Crippen molar-refractivity contribution in [3.05, 3.63) is 72.5 Å². The summed E-state index contributed by atoms with van der Waals surface area (Å²) in [5, 5.41) is 4.44. The zero-order valence-electron chi connectivity index (χ0n) is 14.5. The fourth-order valence-electron chi connectivity index (χ4n) is 2.84. The lowest BCUT2D eigenvalue weighted by molar-refractivity contribution is 0.414. The normalized spacial score (nSPS) is 10.8. The minimum atomic E-state index is 0.584. The van der Waals surface area contributed by atoms with E-state index in [2.05, 4.69) is 27.4 Å². The van der Waals surface area contributed by atoms with Gasteiger partial charge in [0.2, 0.25) is 0 Å². The van der Waals surface area contributed by atoms with Crippen molar-refractivity contribution in [3.8, 4) is 17.3 Å². The molecule has 0 aliphatic heterocycles. The zero-order chi connectivity index (χ0) is 17.8. The van der Waals surface area contributed by atoms with E-state index >= 15 is 0 Å². The van der Waals surface area contributed by atoms with Crippen LogP contribution in [0.1, 0.15) is 5.56 Å². The number of furan rings is 1. The molecule has 0 bridgehead atoms. The van der Waals surface area contributed by atoms with Crippen LogP contribution in [0.2, 0.25) is 0 Å². The van der Waals surface area contributed by atoms with E-state index in [9.17, 15) is 0 Å². The Kier molecular flexibility index (Phi) is 4.51. The van der Waals surface area contributed by atoms with E-state index in [0.717, 1.165) is 35.4 Å². The number of hydrogen-bond donors (Lipinski definition) is 1. The first-order chi connectivity index (χ1) is 12.8. The van der Waals surface area contributed by atoms with Crippen LogP contribution in [0.5, 0.6) is 5.75 Å². The van der Waals surface area contributed by atoms with E-state index in [0.29, 0.717) is 11.6 Å². The van der Waals surface area contributed by atoms with Crippen LogP contribution in [0.4, 0.5) is 5.82 Å². The lowest BCUT2D eigenvalue weighted by atomic mass is 10.1. The number of fused-ring (bicyclic) bond motifs is 1. The van der Waals surface area contributed by atoms with Gasteiger partial charge in [0.15, 0.2) is 11.6 Å². The molecular weight excluding hydrogens is 326 g/mol. The highest BCUT2D eigenvalue weighted by atomic mass is 16.5. The van der Waals surface area contributed by atoms with Gasteiger partial charge in [0.25, 0.3) is 0 Å². The molecule has 0 aliphatic rings. The molecule has 0 radical (unpaired) electrons. The van der Waals surface area contributed by atoms with Crippen LogP contribution in [0, 0.1) is 0 Å². The number of methoxy groups -OCH3 is 1. The maximum absolute atomic E-state index is 5.45. The van der Waals surface area contributed by atoms with Gasteiger partial charge in [-0.15, -0.1) is 0 Å². The maximum atomic E-state index is 5.45. The highest BCUT2D eigenvalue weighted by Crippen LogP contribution is 2.25. The number of aromatic nitrogens is 2. The van der Waals surface area contributed by atoms with Crippen LogP contribution in [-0.2, 0) is 6.42 Å². The molecule has 5 nitrogen and oxygen atoms in total. The smallest absolute Gasteiger partial charge is 0.198 e. The Morgan fingerprint density at radius 1 is 0.962 bits per heavy atom. The molecule has 1 N–H and O–H groups in total. The molecule has 0 spiro atoms. The van der Waals surface area contributed by atoms with Gasteiger partial charge in [-0.3, -0.25) is 0 Å². The van der Waals surface area contributed by atoms with Crippen molar-refractivity contribution < 1.29 is 9.15 Å². The third-order valence-corrected chi connectivity index (χ3v) is 4.21. The Morgan fingerprint density at radius 3 is 2.58 bits per heavy atom. The number of rotatable bonds is 6. The summed E-state index contributed by atoms with van der Waals surface area (Å²) < 4.78 is 10.7. The molecule has 2 heterocycles. The first-order valence-electron chi connectivity index (χ1n) is 8.51. The van der Waals surface area contributed by atoms with E-state index in [-0.39, 0.29) is 0 Å². The third-order valence-electron chi connectivity index (χ3n) is 4.21. The lowest BCUT2D eigenvalue weighted by Crippen LogP contribution is -2.08. The zero-order valence-corrected chi connectivity index (χ0v) is 14.5.